The average molecular weight is 531 g/mol. The number of benzene rings is 3. The highest BCUT2D eigenvalue weighted by Crippen LogP contribution is 2.28. The van der Waals surface area contributed by atoms with Gasteiger partial charge in [-0.25, -0.2) is 0 Å². The molecular formula is C27H26Cl3N3O2. The van der Waals surface area contributed by atoms with Gasteiger partial charge in [-0.15, -0.1) is 0 Å². The maximum atomic E-state index is 13.6. The van der Waals surface area contributed by atoms with Crippen LogP contribution in [0.4, 0.5) is 5.69 Å². The van der Waals surface area contributed by atoms with Crippen molar-refractivity contribution in [3.63, 3.8) is 0 Å². The second kappa shape index (κ2) is 11.8. The summed E-state index contributed by atoms with van der Waals surface area (Å²) in [5, 5.41) is 4.34. The lowest BCUT2D eigenvalue weighted by Crippen LogP contribution is -2.52. The van der Waals surface area contributed by atoms with Crippen molar-refractivity contribution < 1.29 is 9.59 Å². The summed E-state index contributed by atoms with van der Waals surface area (Å²) in [5.74, 6) is -0.645. The molecule has 0 saturated carbocycles. The number of hydrogen-bond acceptors (Lipinski definition) is 3. The first-order valence-corrected chi connectivity index (χ1v) is 12.6. The lowest BCUT2D eigenvalue weighted by molar-refractivity contribution is -0.135. The molecule has 0 aromatic heterocycles. The van der Waals surface area contributed by atoms with Crippen molar-refractivity contribution in [2.24, 2.45) is 5.92 Å². The molecule has 1 atom stereocenters. The first-order chi connectivity index (χ1) is 16.9. The normalized spacial score (nSPS) is 14.5. The molecule has 0 spiro atoms. The number of halogens is 3. The Kier molecular flexibility index (Phi) is 8.55. The van der Waals surface area contributed by atoms with Crippen LogP contribution < -0.4 is 10.2 Å². The molecule has 0 radical (unpaired) electrons. The molecular weight excluding hydrogens is 505 g/mol. The van der Waals surface area contributed by atoms with Gasteiger partial charge in [-0.1, -0.05) is 77.3 Å². The molecule has 1 fully saturated rings. The SMILES string of the molecule is O=C(NCC(Cc1ccccc1)C(=O)N1CCN(c2ccc(Cl)c(Cl)c2)CC1)c1ccccc1Cl. The first kappa shape index (κ1) is 25.4. The Bertz CT molecular complexity index is 1180. The van der Waals surface area contributed by atoms with E-state index in [2.05, 4.69) is 10.2 Å². The minimum atomic E-state index is -0.389. The second-order valence-electron chi connectivity index (χ2n) is 8.49. The van der Waals surface area contributed by atoms with Crippen LogP contribution in [0.2, 0.25) is 15.1 Å². The molecule has 182 valence electrons. The van der Waals surface area contributed by atoms with E-state index in [1.807, 2.05) is 47.4 Å². The lowest BCUT2D eigenvalue weighted by Gasteiger charge is -2.37. The fourth-order valence-corrected chi connectivity index (χ4v) is 4.74. The number of carbonyl (C=O) groups excluding carboxylic acids is 2. The summed E-state index contributed by atoms with van der Waals surface area (Å²) < 4.78 is 0. The van der Waals surface area contributed by atoms with E-state index in [1.54, 1.807) is 30.3 Å². The minimum absolute atomic E-state index is 0.0297. The molecule has 1 aliphatic heterocycles. The Balaban J connectivity index is 1.42. The van der Waals surface area contributed by atoms with Gasteiger partial charge >= 0.3 is 0 Å². The smallest absolute Gasteiger partial charge is 0.252 e. The Labute approximate surface area is 220 Å². The highest BCUT2D eigenvalue weighted by molar-refractivity contribution is 6.42. The van der Waals surface area contributed by atoms with Gasteiger partial charge in [0.2, 0.25) is 5.91 Å². The summed E-state index contributed by atoms with van der Waals surface area (Å²) in [6.07, 6.45) is 0.537. The minimum Gasteiger partial charge on any atom is -0.368 e. The van der Waals surface area contributed by atoms with E-state index in [-0.39, 0.29) is 24.3 Å². The van der Waals surface area contributed by atoms with E-state index < -0.39 is 0 Å². The summed E-state index contributed by atoms with van der Waals surface area (Å²) in [5.41, 5.74) is 2.43. The monoisotopic (exact) mass is 529 g/mol. The lowest BCUT2D eigenvalue weighted by atomic mass is 9.97. The number of anilines is 1. The highest BCUT2D eigenvalue weighted by Gasteiger charge is 2.28. The van der Waals surface area contributed by atoms with Gasteiger partial charge in [0.15, 0.2) is 0 Å². The number of hydrogen-bond donors (Lipinski definition) is 1. The van der Waals surface area contributed by atoms with E-state index in [1.165, 1.54) is 0 Å². The van der Waals surface area contributed by atoms with Gasteiger partial charge in [0, 0.05) is 38.4 Å². The number of rotatable bonds is 7. The van der Waals surface area contributed by atoms with Crippen LogP contribution in [-0.4, -0.2) is 49.4 Å². The molecule has 35 heavy (non-hydrogen) atoms. The van der Waals surface area contributed by atoms with Crippen LogP contribution in [0.1, 0.15) is 15.9 Å². The number of amides is 2. The van der Waals surface area contributed by atoms with Crippen LogP contribution in [0.5, 0.6) is 0 Å². The third-order valence-electron chi connectivity index (χ3n) is 6.16. The predicted molar refractivity (Wildman–Crippen MR) is 143 cm³/mol. The standard InChI is InChI=1S/C27H26Cl3N3O2/c28-23-9-5-4-8-22(23)26(34)31-18-20(16-19-6-2-1-3-7-19)27(35)33-14-12-32(13-15-33)21-10-11-24(29)25(30)17-21/h1-11,17,20H,12-16,18H2,(H,31,34). The Morgan fingerprint density at radius 3 is 2.17 bits per heavy atom. The average Bonchev–Trinajstić information content (AvgIpc) is 2.88. The molecule has 0 bridgehead atoms. The van der Waals surface area contributed by atoms with Gasteiger partial charge in [0.1, 0.15) is 0 Å². The number of carbonyl (C=O) groups is 2. The summed E-state index contributed by atoms with van der Waals surface area (Å²) in [4.78, 5) is 30.3. The molecule has 1 heterocycles. The maximum absolute atomic E-state index is 13.6. The molecule has 1 N–H and O–H groups in total. The number of piperazine rings is 1. The summed E-state index contributed by atoms with van der Waals surface area (Å²) in [7, 11) is 0. The van der Waals surface area contributed by atoms with Crippen molar-refractivity contribution in [1.29, 1.82) is 0 Å². The third kappa shape index (κ3) is 6.49. The van der Waals surface area contributed by atoms with Crippen LogP contribution in [-0.2, 0) is 11.2 Å². The van der Waals surface area contributed by atoms with Gasteiger partial charge in [0.05, 0.1) is 26.5 Å². The molecule has 1 unspecified atom stereocenters. The first-order valence-electron chi connectivity index (χ1n) is 11.5. The van der Waals surface area contributed by atoms with Crippen LogP contribution >= 0.6 is 34.8 Å². The summed E-state index contributed by atoms with van der Waals surface area (Å²) in [6.45, 7) is 2.78. The van der Waals surface area contributed by atoms with Crippen molar-refractivity contribution in [3.05, 3.63) is 99.0 Å². The van der Waals surface area contributed by atoms with E-state index in [0.29, 0.717) is 53.2 Å². The molecule has 3 aromatic carbocycles. The molecule has 1 saturated heterocycles. The van der Waals surface area contributed by atoms with Gasteiger partial charge in [0.25, 0.3) is 5.91 Å². The zero-order valence-electron chi connectivity index (χ0n) is 19.1. The molecule has 3 aromatic rings. The Hall–Kier alpha value is -2.73. The number of nitrogens with zero attached hydrogens (tertiary/aromatic N) is 2. The van der Waals surface area contributed by atoms with Crippen LogP contribution in [0.3, 0.4) is 0 Å². The van der Waals surface area contributed by atoms with E-state index in [9.17, 15) is 9.59 Å². The van der Waals surface area contributed by atoms with Crippen LogP contribution in [0.25, 0.3) is 0 Å². The molecule has 8 heteroatoms. The Morgan fingerprint density at radius 1 is 0.800 bits per heavy atom. The van der Waals surface area contributed by atoms with Gasteiger partial charge in [-0.3, -0.25) is 9.59 Å². The topological polar surface area (TPSA) is 52.7 Å². The quantitative estimate of drug-likeness (QED) is 0.434. The van der Waals surface area contributed by atoms with Crippen molar-refractivity contribution in [1.82, 2.24) is 10.2 Å². The highest BCUT2D eigenvalue weighted by atomic mass is 35.5. The fourth-order valence-electron chi connectivity index (χ4n) is 4.23. The second-order valence-corrected chi connectivity index (χ2v) is 9.71. The van der Waals surface area contributed by atoms with Crippen molar-refractivity contribution in [3.8, 4) is 0 Å². The molecule has 0 aliphatic carbocycles. The zero-order chi connectivity index (χ0) is 24.8. The maximum Gasteiger partial charge on any atom is 0.252 e. The molecule has 1 aliphatic rings. The summed E-state index contributed by atoms with van der Waals surface area (Å²) in [6, 6.07) is 22.3. The third-order valence-corrected chi connectivity index (χ3v) is 7.23. The summed E-state index contributed by atoms with van der Waals surface area (Å²) >= 11 is 18.4. The van der Waals surface area contributed by atoms with Crippen LogP contribution in [0.15, 0.2) is 72.8 Å². The number of nitrogens with one attached hydrogen (secondary N) is 1. The van der Waals surface area contributed by atoms with Gasteiger partial charge in [-0.2, -0.15) is 0 Å². The predicted octanol–water partition coefficient (Wildman–Crippen LogP) is 5.58. The molecule has 5 nitrogen and oxygen atoms in total. The van der Waals surface area contributed by atoms with Gasteiger partial charge < -0.3 is 15.1 Å². The largest absolute Gasteiger partial charge is 0.368 e. The van der Waals surface area contributed by atoms with Gasteiger partial charge in [-0.05, 0) is 42.3 Å². The van der Waals surface area contributed by atoms with E-state index in [0.717, 1.165) is 11.3 Å². The van der Waals surface area contributed by atoms with E-state index >= 15 is 0 Å². The Morgan fingerprint density at radius 2 is 1.49 bits per heavy atom. The van der Waals surface area contributed by atoms with Crippen LogP contribution in [0, 0.1) is 5.92 Å². The van der Waals surface area contributed by atoms with Crippen molar-refractivity contribution in [2.45, 2.75) is 6.42 Å². The zero-order valence-corrected chi connectivity index (χ0v) is 21.4. The van der Waals surface area contributed by atoms with Crippen molar-refractivity contribution >= 4 is 52.3 Å². The van der Waals surface area contributed by atoms with E-state index in [4.69, 9.17) is 34.8 Å². The fraction of sp³-hybridized carbons (Fsp3) is 0.259. The molecule has 2 amide bonds. The van der Waals surface area contributed by atoms with Crippen molar-refractivity contribution in [2.75, 3.05) is 37.6 Å². The molecule has 4 rings (SSSR count).